The Morgan fingerprint density at radius 1 is 0.542 bits per heavy atom. The zero-order valence-electron chi connectivity index (χ0n) is 17.5. The van der Waals surface area contributed by atoms with Crippen LogP contribution in [0, 0.1) is 0 Å². The van der Waals surface area contributed by atoms with Crippen molar-refractivity contribution in [1.82, 2.24) is 6.15 Å². The number of rotatable bonds is 14. The SMILES string of the molecule is CCCCCCCCCCCCCl.CC[N+](CC)(CC)CC.N.[Br-]. The number of quaternary nitrogens is 1. The maximum absolute atomic E-state index is 5.60. The van der Waals surface area contributed by atoms with Crippen molar-refractivity contribution in [2.75, 3.05) is 32.1 Å². The fraction of sp³-hybridized carbons (Fsp3) is 1.00. The molecule has 24 heavy (non-hydrogen) atoms. The molecule has 0 amide bonds. The monoisotopic (exact) mass is 430 g/mol. The van der Waals surface area contributed by atoms with Gasteiger partial charge < -0.3 is 27.6 Å². The largest absolute Gasteiger partial charge is 1.00 e. The molecule has 0 fully saturated rings. The number of nitrogens with zero attached hydrogens (tertiary/aromatic N) is 1. The Morgan fingerprint density at radius 3 is 1.04 bits per heavy atom. The van der Waals surface area contributed by atoms with E-state index in [4.69, 9.17) is 11.6 Å². The van der Waals surface area contributed by atoms with E-state index in [9.17, 15) is 0 Å². The fourth-order valence-electron chi connectivity index (χ4n) is 2.92. The molecule has 0 aliphatic rings. The highest BCUT2D eigenvalue weighted by Gasteiger charge is 2.16. The first-order valence-electron chi connectivity index (χ1n) is 10.1. The molecule has 0 aromatic heterocycles. The second kappa shape index (κ2) is 25.9. The molecule has 0 atom stereocenters. The van der Waals surface area contributed by atoms with Crippen LogP contribution in [-0.2, 0) is 0 Å². The minimum atomic E-state index is 0. The standard InChI is InChI=1S/C12H25Cl.C8H20N.BrH.H3N/c1-2-3-4-5-6-7-8-9-10-11-12-13;1-5-9(6-2,7-3)8-4;;/h2-12H2,1H3;5-8H2,1-4H3;1H;1H3/q;+1;;/p-1. The summed E-state index contributed by atoms with van der Waals surface area (Å²) in [6, 6.07) is 0. The van der Waals surface area contributed by atoms with Crippen molar-refractivity contribution in [3.05, 3.63) is 0 Å². The number of alkyl halides is 1. The highest BCUT2D eigenvalue weighted by atomic mass is 79.9. The van der Waals surface area contributed by atoms with Gasteiger partial charge in [0.1, 0.15) is 0 Å². The van der Waals surface area contributed by atoms with Crippen molar-refractivity contribution in [2.24, 2.45) is 0 Å². The minimum Gasteiger partial charge on any atom is -1.00 e. The molecular formula is C20H48BrClN2. The first-order valence-corrected chi connectivity index (χ1v) is 10.6. The summed E-state index contributed by atoms with van der Waals surface area (Å²) in [5.74, 6) is 0.844. The van der Waals surface area contributed by atoms with Gasteiger partial charge in [-0.15, -0.1) is 11.6 Å². The normalized spacial score (nSPS) is 10.2. The Bertz CT molecular complexity index is 173. The Kier molecular flexibility index (Phi) is 35.0. The van der Waals surface area contributed by atoms with Crippen LogP contribution in [0.2, 0.25) is 0 Å². The second-order valence-electron chi connectivity index (χ2n) is 6.48. The summed E-state index contributed by atoms with van der Waals surface area (Å²) in [5, 5.41) is 0. The molecule has 0 spiro atoms. The summed E-state index contributed by atoms with van der Waals surface area (Å²) in [5.41, 5.74) is 0. The van der Waals surface area contributed by atoms with Crippen LogP contribution in [0.15, 0.2) is 0 Å². The molecule has 0 radical (unpaired) electrons. The van der Waals surface area contributed by atoms with Gasteiger partial charge in [0.25, 0.3) is 0 Å². The van der Waals surface area contributed by atoms with Crippen molar-refractivity contribution >= 4 is 11.6 Å². The van der Waals surface area contributed by atoms with Crippen LogP contribution in [0.25, 0.3) is 0 Å². The summed E-state index contributed by atoms with van der Waals surface area (Å²) in [7, 11) is 0. The van der Waals surface area contributed by atoms with Crippen molar-refractivity contribution in [1.29, 1.82) is 0 Å². The van der Waals surface area contributed by atoms with Gasteiger partial charge in [-0.1, -0.05) is 64.7 Å². The number of unbranched alkanes of at least 4 members (excludes halogenated alkanes) is 9. The average molecular weight is 432 g/mol. The van der Waals surface area contributed by atoms with Crippen LogP contribution in [0.4, 0.5) is 0 Å². The highest BCUT2D eigenvalue weighted by Crippen LogP contribution is 2.10. The molecule has 0 aliphatic carbocycles. The fourth-order valence-corrected chi connectivity index (χ4v) is 3.11. The Labute approximate surface area is 170 Å². The number of hydrogen-bond donors (Lipinski definition) is 1. The summed E-state index contributed by atoms with van der Waals surface area (Å²) in [6.45, 7) is 16.5. The maximum Gasteiger partial charge on any atom is 0.0757 e. The van der Waals surface area contributed by atoms with Crippen molar-refractivity contribution in [3.8, 4) is 0 Å². The van der Waals surface area contributed by atoms with Gasteiger partial charge in [-0.2, -0.15) is 0 Å². The molecule has 0 saturated carbocycles. The van der Waals surface area contributed by atoms with E-state index in [0.717, 1.165) is 5.88 Å². The first-order chi connectivity index (χ1) is 10.7. The molecule has 0 aromatic rings. The van der Waals surface area contributed by atoms with Crippen LogP contribution in [0.3, 0.4) is 0 Å². The van der Waals surface area contributed by atoms with Crippen molar-refractivity contribution < 1.29 is 21.5 Å². The smallest absolute Gasteiger partial charge is 0.0757 e. The van der Waals surface area contributed by atoms with Gasteiger partial charge in [0.2, 0.25) is 0 Å². The lowest BCUT2D eigenvalue weighted by atomic mass is 10.1. The van der Waals surface area contributed by atoms with Gasteiger partial charge in [-0.25, -0.2) is 0 Å². The van der Waals surface area contributed by atoms with E-state index in [0.29, 0.717) is 0 Å². The second-order valence-corrected chi connectivity index (χ2v) is 6.86. The third-order valence-electron chi connectivity index (χ3n) is 5.17. The molecule has 3 N–H and O–H groups in total. The molecular weight excluding hydrogens is 384 g/mol. The van der Waals surface area contributed by atoms with E-state index < -0.39 is 0 Å². The molecule has 0 heterocycles. The quantitative estimate of drug-likeness (QED) is 0.250. The van der Waals surface area contributed by atoms with Crippen molar-refractivity contribution in [2.45, 2.75) is 98.8 Å². The van der Waals surface area contributed by atoms with Gasteiger partial charge in [0, 0.05) is 5.88 Å². The van der Waals surface area contributed by atoms with Crippen LogP contribution in [-0.4, -0.2) is 36.5 Å². The molecule has 0 unspecified atom stereocenters. The van der Waals surface area contributed by atoms with Crippen LogP contribution in [0.5, 0.6) is 0 Å². The molecule has 0 rings (SSSR count). The van der Waals surface area contributed by atoms with Crippen LogP contribution < -0.4 is 23.1 Å². The summed E-state index contributed by atoms with van der Waals surface area (Å²) in [6.07, 6.45) is 13.9. The van der Waals surface area contributed by atoms with E-state index in [2.05, 4.69) is 34.6 Å². The molecule has 0 bridgehead atoms. The van der Waals surface area contributed by atoms with Crippen molar-refractivity contribution in [3.63, 3.8) is 0 Å². The Hall–Kier alpha value is 0.690. The molecule has 152 valence electrons. The predicted octanol–water partition coefficient (Wildman–Crippen LogP) is 4.19. The Morgan fingerprint density at radius 2 is 0.833 bits per heavy atom. The van der Waals surface area contributed by atoms with E-state index in [1.54, 1.807) is 0 Å². The van der Waals surface area contributed by atoms with Gasteiger partial charge in [0.15, 0.2) is 0 Å². The highest BCUT2D eigenvalue weighted by molar-refractivity contribution is 6.17. The maximum atomic E-state index is 5.60. The van der Waals surface area contributed by atoms with Gasteiger partial charge in [-0.3, -0.25) is 0 Å². The van der Waals surface area contributed by atoms with Gasteiger partial charge in [0.05, 0.1) is 26.2 Å². The van der Waals surface area contributed by atoms with Crippen LogP contribution in [0.1, 0.15) is 98.8 Å². The minimum absolute atomic E-state index is 0. The zero-order chi connectivity index (χ0) is 17.1. The van der Waals surface area contributed by atoms with E-state index in [-0.39, 0.29) is 23.1 Å². The summed E-state index contributed by atoms with van der Waals surface area (Å²) < 4.78 is 1.28. The average Bonchev–Trinajstić information content (AvgIpc) is 2.57. The molecule has 4 heteroatoms. The lowest BCUT2D eigenvalue weighted by Gasteiger charge is -2.34. The molecule has 0 saturated heterocycles. The third-order valence-corrected chi connectivity index (χ3v) is 5.44. The lowest BCUT2D eigenvalue weighted by Crippen LogP contribution is -3.00. The van der Waals surface area contributed by atoms with E-state index in [1.807, 2.05) is 0 Å². The third kappa shape index (κ3) is 20.7. The number of hydrogen-bond acceptors (Lipinski definition) is 1. The summed E-state index contributed by atoms with van der Waals surface area (Å²) in [4.78, 5) is 0. The lowest BCUT2D eigenvalue weighted by molar-refractivity contribution is -0.921. The van der Waals surface area contributed by atoms with E-state index >= 15 is 0 Å². The van der Waals surface area contributed by atoms with Gasteiger partial charge in [-0.05, 0) is 34.1 Å². The summed E-state index contributed by atoms with van der Waals surface area (Å²) >= 11 is 5.60. The van der Waals surface area contributed by atoms with Crippen LogP contribution >= 0.6 is 11.6 Å². The molecule has 2 nitrogen and oxygen atoms in total. The first kappa shape index (κ1) is 32.4. The van der Waals surface area contributed by atoms with Gasteiger partial charge >= 0.3 is 0 Å². The predicted molar refractivity (Wildman–Crippen MR) is 110 cm³/mol. The zero-order valence-corrected chi connectivity index (χ0v) is 19.9. The number of halogens is 2. The van der Waals surface area contributed by atoms with E-state index in [1.165, 1.54) is 94.9 Å². The topological polar surface area (TPSA) is 35.0 Å². The Balaban J connectivity index is -0.000000162. The molecule has 0 aliphatic heterocycles. The molecule has 0 aromatic carbocycles.